The molecule has 1 rings (SSSR count). The number of hydrogen-bond acceptors (Lipinski definition) is 4. The van der Waals surface area contributed by atoms with E-state index in [1.807, 2.05) is 0 Å². The highest BCUT2D eigenvalue weighted by atomic mass is 32.1. The first kappa shape index (κ1) is 15.2. The largest absolute Gasteiger partial charge is 0.480 e. The van der Waals surface area contributed by atoms with Crippen LogP contribution in [0.15, 0.2) is 12.1 Å². The predicted octanol–water partition coefficient (Wildman–Crippen LogP) is 1.55. The Morgan fingerprint density at radius 2 is 1.89 bits per heavy atom. The third-order valence-corrected chi connectivity index (χ3v) is 3.35. The molecule has 0 aliphatic rings. The number of thiophene rings is 1. The highest BCUT2D eigenvalue weighted by Gasteiger charge is 2.24. The molecule has 0 saturated heterocycles. The molecule has 1 aromatic heterocycles. The van der Waals surface area contributed by atoms with Crippen molar-refractivity contribution < 1.29 is 19.5 Å². The van der Waals surface area contributed by atoms with Crippen LogP contribution in [0.5, 0.6) is 0 Å². The molecular formula is C12H16N2O4S. The molecular weight excluding hydrogens is 268 g/mol. The number of amides is 2. The SMILES string of the molecule is CC(=O)Nc1ccc(C(=O)N[C@H](C(=O)O)C(C)C)s1. The smallest absolute Gasteiger partial charge is 0.326 e. The van der Waals surface area contributed by atoms with Gasteiger partial charge in [0.15, 0.2) is 0 Å². The van der Waals surface area contributed by atoms with Gasteiger partial charge in [-0.15, -0.1) is 11.3 Å². The van der Waals surface area contributed by atoms with Crippen LogP contribution in [0.2, 0.25) is 0 Å². The van der Waals surface area contributed by atoms with Gasteiger partial charge in [0.25, 0.3) is 5.91 Å². The zero-order chi connectivity index (χ0) is 14.6. The Balaban J connectivity index is 2.75. The Hall–Kier alpha value is -1.89. The van der Waals surface area contributed by atoms with Crippen LogP contribution in [0.1, 0.15) is 30.4 Å². The van der Waals surface area contributed by atoms with E-state index in [1.165, 1.54) is 6.92 Å². The fraction of sp³-hybridized carbons (Fsp3) is 0.417. The second kappa shape index (κ2) is 6.33. The maximum absolute atomic E-state index is 11.9. The van der Waals surface area contributed by atoms with Crippen molar-refractivity contribution in [2.24, 2.45) is 5.92 Å². The van der Waals surface area contributed by atoms with Crippen molar-refractivity contribution in [2.75, 3.05) is 5.32 Å². The lowest BCUT2D eigenvalue weighted by Crippen LogP contribution is -2.44. The summed E-state index contributed by atoms with van der Waals surface area (Å²) in [5.74, 6) is -1.96. The molecule has 7 heteroatoms. The number of hydrogen-bond donors (Lipinski definition) is 3. The van der Waals surface area contributed by atoms with Gasteiger partial charge in [0.1, 0.15) is 6.04 Å². The van der Waals surface area contributed by atoms with Gasteiger partial charge in [-0.25, -0.2) is 4.79 Å². The minimum Gasteiger partial charge on any atom is -0.480 e. The number of carbonyl (C=O) groups excluding carboxylic acids is 2. The van der Waals surface area contributed by atoms with Crippen LogP contribution in [0.25, 0.3) is 0 Å². The van der Waals surface area contributed by atoms with Crippen LogP contribution in [0.4, 0.5) is 5.00 Å². The molecule has 0 fully saturated rings. The maximum Gasteiger partial charge on any atom is 0.326 e. The Bertz CT molecular complexity index is 496. The second-order valence-electron chi connectivity index (χ2n) is 4.38. The molecule has 0 bridgehead atoms. The molecule has 0 aromatic carbocycles. The van der Waals surface area contributed by atoms with E-state index in [2.05, 4.69) is 10.6 Å². The van der Waals surface area contributed by atoms with Gasteiger partial charge < -0.3 is 15.7 Å². The summed E-state index contributed by atoms with van der Waals surface area (Å²) in [5.41, 5.74) is 0. The van der Waals surface area contributed by atoms with Gasteiger partial charge in [-0.05, 0) is 18.1 Å². The van der Waals surface area contributed by atoms with Gasteiger partial charge in [-0.2, -0.15) is 0 Å². The predicted molar refractivity (Wildman–Crippen MR) is 72.4 cm³/mol. The van der Waals surface area contributed by atoms with Crippen molar-refractivity contribution in [3.63, 3.8) is 0 Å². The van der Waals surface area contributed by atoms with Crippen LogP contribution in [0.3, 0.4) is 0 Å². The van der Waals surface area contributed by atoms with Crippen LogP contribution in [-0.4, -0.2) is 28.9 Å². The first-order valence-electron chi connectivity index (χ1n) is 5.72. The summed E-state index contributed by atoms with van der Waals surface area (Å²) in [6, 6.07) is 2.22. The molecule has 104 valence electrons. The minimum atomic E-state index is -1.07. The lowest BCUT2D eigenvalue weighted by atomic mass is 10.0. The summed E-state index contributed by atoms with van der Waals surface area (Å²) >= 11 is 1.10. The van der Waals surface area contributed by atoms with Gasteiger partial charge in [-0.1, -0.05) is 13.8 Å². The quantitative estimate of drug-likeness (QED) is 0.764. The topological polar surface area (TPSA) is 95.5 Å². The van der Waals surface area contributed by atoms with Crippen molar-refractivity contribution in [3.8, 4) is 0 Å². The molecule has 19 heavy (non-hydrogen) atoms. The summed E-state index contributed by atoms with van der Waals surface area (Å²) in [7, 11) is 0. The van der Waals surface area contributed by atoms with E-state index in [0.29, 0.717) is 9.88 Å². The monoisotopic (exact) mass is 284 g/mol. The first-order valence-corrected chi connectivity index (χ1v) is 6.54. The van der Waals surface area contributed by atoms with E-state index in [-0.39, 0.29) is 11.8 Å². The average molecular weight is 284 g/mol. The number of rotatable bonds is 5. The highest BCUT2D eigenvalue weighted by molar-refractivity contribution is 7.18. The van der Waals surface area contributed by atoms with E-state index >= 15 is 0 Å². The Kier molecular flexibility index (Phi) is 5.05. The zero-order valence-corrected chi connectivity index (χ0v) is 11.7. The molecule has 1 heterocycles. The molecule has 0 aliphatic carbocycles. The molecule has 0 unspecified atom stereocenters. The molecule has 0 saturated carbocycles. The van der Waals surface area contributed by atoms with Crippen molar-refractivity contribution in [1.82, 2.24) is 5.32 Å². The summed E-state index contributed by atoms with van der Waals surface area (Å²) in [5, 5.41) is 14.6. The van der Waals surface area contributed by atoms with E-state index in [9.17, 15) is 14.4 Å². The molecule has 3 N–H and O–H groups in total. The van der Waals surface area contributed by atoms with Crippen LogP contribution in [-0.2, 0) is 9.59 Å². The van der Waals surface area contributed by atoms with Crippen LogP contribution in [0, 0.1) is 5.92 Å². The number of carboxylic acids is 1. The third-order valence-electron chi connectivity index (χ3n) is 2.35. The van der Waals surface area contributed by atoms with Crippen LogP contribution < -0.4 is 10.6 Å². The Morgan fingerprint density at radius 3 is 2.37 bits per heavy atom. The number of anilines is 1. The number of carbonyl (C=O) groups is 3. The second-order valence-corrected chi connectivity index (χ2v) is 5.46. The summed E-state index contributed by atoms with van der Waals surface area (Å²) in [6.45, 7) is 4.81. The van der Waals surface area contributed by atoms with Crippen molar-refractivity contribution in [3.05, 3.63) is 17.0 Å². The number of aliphatic carboxylic acids is 1. The van der Waals surface area contributed by atoms with Crippen molar-refractivity contribution >= 4 is 34.1 Å². The maximum atomic E-state index is 11.9. The third kappa shape index (κ3) is 4.36. The van der Waals surface area contributed by atoms with Crippen LogP contribution >= 0.6 is 11.3 Å². The number of carboxylic acid groups (broad SMARTS) is 1. The van der Waals surface area contributed by atoms with E-state index in [1.54, 1.807) is 26.0 Å². The highest BCUT2D eigenvalue weighted by Crippen LogP contribution is 2.22. The van der Waals surface area contributed by atoms with Crippen molar-refractivity contribution in [1.29, 1.82) is 0 Å². The molecule has 0 radical (unpaired) electrons. The lowest BCUT2D eigenvalue weighted by Gasteiger charge is -2.17. The summed E-state index contributed by atoms with van der Waals surface area (Å²) < 4.78 is 0. The zero-order valence-electron chi connectivity index (χ0n) is 10.9. The Labute approximate surface area is 114 Å². The van der Waals surface area contributed by atoms with E-state index in [0.717, 1.165) is 11.3 Å². The molecule has 0 aliphatic heterocycles. The number of nitrogens with one attached hydrogen (secondary N) is 2. The first-order chi connectivity index (χ1) is 8.81. The summed E-state index contributed by atoms with van der Waals surface area (Å²) in [4.78, 5) is 34.1. The fourth-order valence-electron chi connectivity index (χ4n) is 1.43. The normalized spacial score (nSPS) is 12.0. The lowest BCUT2D eigenvalue weighted by molar-refractivity contribution is -0.140. The summed E-state index contributed by atoms with van der Waals surface area (Å²) in [6.07, 6.45) is 0. The molecule has 0 spiro atoms. The standard InChI is InChI=1S/C12H16N2O4S/c1-6(2)10(12(17)18)14-11(16)8-4-5-9(19-8)13-7(3)15/h4-6,10H,1-3H3,(H,13,15)(H,14,16)(H,17,18)/t10-/m0/s1. The van der Waals surface area contributed by atoms with E-state index in [4.69, 9.17) is 5.11 Å². The fourth-order valence-corrected chi connectivity index (χ4v) is 2.28. The van der Waals surface area contributed by atoms with Gasteiger partial charge in [0.05, 0.1) is 9.88 Å². The van der Waals surface area contributed by atoms with Gasteiger partial charge in [0, 0.05) is 6.92 Å². The van der Waals surface area contributed by atoms with Gasteiger partial charge in [0.2, 0.25) is 5.91 Å². The minimum absolute atomic E-state index is 0.212. The average Bonchev–Trinajstić information content (AvgIpc) is 2.72. The van der Waals surface area contributed by atoms with E-state index < -0.39 is 17.9 Å². The molecule has 2 amide bonds. The van der Waals surface area contributed by atoms with Gasteiger partial charge in [-0.3, -0.25) is 9.59 Å². The molecule has 1 aromatic rings. The van der Waals surface area contributed by atoms with Gasteiger partial charge >= 0.3 is 5.97 Å². The Morgan fingerprint density at radius 1 is 1.26 bits per heavy atom. The van der Waals surface area contributed by atoms with Crippen molar-refractivity contribution in [2.45, 2.75) is 26.8 Å². The molecule has 6 nitrogen and oxygen atoms in total. The molecule has 1 atom stereocenters.